The van der Waals surface area contributed by atoms with Crippen LogP contribution in [0, 0.1) is 0 Å². The quantitative estimate of drug-likeness (QED) is 0.606. The Balaban J connectivity index is 1.89. The van der Waals surface area contributed by atoms with Crippen LogP contribution in [-0.2, 0) is 9.59 Å². The number of methoxy groups -OCH3 is 1. The number of hydrogen-bond donors (Lipinski definition) is 1. The Bertz CT molecular complexity index is 847. The number of nitrogens with zero attached hydrogens (tertiary/aromatic N) is 3. The highest BCUT2D eigenvalue weighted by atomic mass is 32.2. The Hall–Kier alpha value is -2.65. The molecule has 0 saturated carbocycles. The molecular formula is C17H15N3O4S2. The molecule has 1 saturated heterocycles. The normalized spacial score (nSPS) is 18.8. The van der Waals surface area contributed by atoms with Crippen molar-refractivity contribution in [3.63, 3.8) is 0 Å². The molecule has 9 heteroatoms. The number of hydrogen-bond acceptors (Lipinski definition) is 7. The molecule has 1 amide bonds. The first-order valence-corrected chi connectivity index (χ1v) is 9.35. The molecule has 0 bridgehead atoms. The lowest BCUT2D eigenvalue weighted by Gasteiger charge is -2.16. The number of aliphatic carboxylic acids is 1. The fourth-order valence-corrected chi connectivity index (χ4v) is 3.95. The molecule has 1 fully saturated rings. The fraction of sp³-hybridized carbons (Fsp3) is 0.176. The SMILES string of the molecule is COc1ccc(N2C(=O)C(CC(=O)O)S/C2=N\N=C\c2cccs2)cc1. The zero-order valence-corrected chi connectivity index (χ0v) is 15.4. The number of thiophene rings is 1. The molecule has 1 aromatic carbocycles. The summed E-state index contributed by atoms with van der Waals surface area (Å²) in [7, 11) is 1.56. The highest BCUT2D eigenvalue weighted by Crippen LogP contribution is 2.34. The number of benzene rings is 1. The minimum atomic E-state index is -1.03. The lowest BCUT2D eigenvalue weighted by Crippen LogP contribution is -2.32. The Kier molecular flexibility index (Phi) is 5.69. The highest BCUT2D eigenvalue weighted by Gasteiger charge is 2.40. The van der Waals surface area contributed by atoms with E-state index in [1.807, 2.05) is 17.5 Å². The average Bonchev–Trinajstić information content (AvgIpc) is 3.24. The molecule has 1 N–H and O–H groups in total. The van der Waals surface area contributed by atoms with Crippen molar-refractivity contribution in [2.45, 2.75) is 11.7 Å². The van der Waals surface area contributed by atoms with Gasteiger partial charge in [-0.3, -0.25) is 14.5 Å². The van der Waals surface area contributed by atoms with Gasteiger partial charge in [-0.1, -0.05) is 17.8 Å². The third-order valence-electron chi connectivity index (χ3n) is 3.50. The van der Waals surface area contributed by atoms with Crippen LogP contribution in [0.3, 0.4) is 0 Å². The molecule has 0 spiro atoms. The van der Waals surface area contributed by atoms with Crippen molar-refractivity contribution >= 4 is 52.0 Å². The van der Waals surface area contributed by atoms with Crippen molar-refractivity contribution < 1.29 is 19.4 Å². The smallest absolute Gasteiger partial charge is 0.305 e. The maximum absolute atomic E-state index is 12.7. The van der Waals surface area contributed by atoms with Crippen LogP contribution >= 0.6 is 23.1 Å². The third kappa shape index (κ3) is 4.12. The minimum Gasteiger partial charge on any atom is -0.497 e. The number of ether oxygens (including phenoxy) is 1. The van der Waals surface area contributed by atoms with E-state index in [2.05, 4.69) is 10.2 Å². The van der Waals surface area contributed by atoms with Gasteiger partial charge in [-0.25, -0.2) is 0 Å². The van der Waals surface area contributed by atoms with Gasteiger partial charge in [0.2, 0.25) is 5.91 Å². The zero-order chi connectivity index (χ0) is 18.5. The maximum Gasteiger partial charge on any atom is 0.305 e. The van der Waals surface area contributed by atoms with Gasteiger partial charge in [-0.05, 0) is 35.7 Å². The molecule has 1 aliphatic heterocycles. The molecule has 134 valence electrons. The predicted molar refractivity (Wildman–Crippen MR) is 103 cm³/mol. The number of thioether (sulfide) groups is 1. The van der Waals surface area contributed by atoms with Crippen molar-refractivity contribution in [3.8, 4) is 5.75 Å². The largest absolute Gasteiger partial charge is 0.497 e. The zero-order valence-electron chi connectivity index (χ0n) is 13.7. The van der Waals surface area contributed by atoms with Gasteiger partial charge >= 0.3 is 5.97 Å². The van der Waals surface area contributed by atoms with Gasteiger partial charge < -0.3 is 9.84 Å². The van der Waals surface area contributed by atoms with Crippen LogP contribution in [0.5, 0.6) is 5.75 Å². The number of carboxylic acids is 1. The van der Waals surface area contributed by atoms with E-state index in [1.165, 1.54) is 16.2 Å². The van der Waals surface area contributed by atoms with E-state index >= 15 is 0 Å². The lowest BCUT2D eigenvalue weighted by atomic mass is 10.2. The van der Waals surface area contributed by atoms with E-state index < -0.39 is 11.2 Å². The van der Waals surface area contributed by atoms with Gasteiger partial charge in [0.05, 0.1) is 25.4 Å². The van der Waals surface area contributed by atoms with Gasteiger partial charge in [0.25, 0.3) is 0 Å². The number of carboxylic acid groups (broad SMARTS) is 1. The third-order valence-corrected chi connectivity index (χ3v) is 5.43. The Morgan fingerprint density at radius 2 is 2.12 bits per heavy atom. The standard InChI is InChI=1S/C17H15N3O4S2/c1-24-12-6-4-11(5-7-12)20-16(23)14(9-15(21)22)26-17(20)19-18-10-13-3-2-8-25-13/h2-8,10,14H,9H2,1H3,(H,21,22)/b18-10+,19-17-. The van der Waals surface area contributed by atoms with Crippen molar-refractivity contribution in [2.24, 2.45) is 10.2 Å². The molecule has 1 atom stereocenters. The second-order valence-corrected chi connectivity index (χ2v) is 7.37. The van der Waals surface area contributed by atoms with E-state index in [0.717, 1.165) is 16.6 Å². The van der Waals surface area contributed by atoms with Crippen LogP contribution in [0.4, 0.5) is 5.69 Å². The summed E-state index contributed by atoms with van der Waals surface area (Å²) >= 11 is 2.62. The fourth-order valence-electron chi connectivity index (χ4n) is 2.29. The van der Waals surface area contributed by atoms with Gasteiger partial charge in [0.15, 0.2) is 5.17 Å². The molecule has 1 unspecified atom stereocenters. The summed E-state index contributed by atoms with van der Waals surface area (Å²) in [6, 6.07) is 10.7. The monoisotopic (exact) mass is 389 g/mol. The van der Waals surface area contributed by atoms with E-state index in [9.17, 15) is 9.59 Å². The van der Waals surface area contributed by atoms with Crippen LogP contribution in [0.25, 0.3) is 0 Å². The van der Waals surface area contributed by atoms with E-state index in [4.69, 9.17) is 9.84 Å². The minimum absolute atomic E-state index is 0.274. The predicted octanol–water partition coefficient (Wildman–Crippen LogP) is 3.07. The molecule has 1 aromatic heterocycles. The lowest BCUT2D eigenvalue weighted by molar-refractivity contribution is -0.138. The number of amidine groups is 1. The van der Waals surface area contributed by atoms with Crippen LogP contribution in [0.2, 0.25) is 0 Å². The summed E-state index contributed by atoms with van der Waals surface area (Å²) < 4.78 is 5.13. The van der Waals surface area contributed by atoms with Crippen molar-refractivity contribution in [1.82, 2.24) is 0 Å². The molecule has 2 aromatic rings. The summed E-state index contributed by atoms with van der Waals surface area (Å²) in [5, 5.41) is 18.8. The maximum atomic E-state index is 12.7. The van der Waals surface area contributed by atoms with E-state index in [1.54, 1.807) is 37.6 Å². The van der Waals surface area contributed by atoms with Crippen molar-refractivity contribution in [3.05, 3.63) is 46.7 Å². The van der Waals surface area contributed by atoms with E-state index in [0.29, 0.717) is 16.6 Å². The van der Waals surface area contributed by atoms with Gasteiger partial charge in [0, 0.05) is 4.88 Å². The Morgan fingerprint density at radius 3 is 2.73 bits per heavy atom. The van der Waals surface area contributed by atoms with Crippen LogP contribution in [-0.4, -0.2) is 40.7 Å². The summed E-state index contributed by atoms with van der Waals surface area (Å²) in [6.07, 6.45) is 1.32. The molecule has 3 rings (SSSR count). The molecular weight excluding hydrogens is 374 g/mol. The average molecular weight is 389 g/mol. The number of carbonyl (C=O) groups excluding carboxylic acids is 1. The highest BCUT2D eigenvalue weighted by molar-refractivity contribution is 8.16. The van der Waals surface area contributed by atoms with Crippen LogP contribution in [0.1, 0.15) is 11.3 Å². The molecule has 1 aliphatic rings. The van der Waals surface area contributed by atoms with Crippen molar-refractivity contribution in [1.29, 1.82) is 0 Å². The topological polar surface area (TPSA) is 91.6 Å². The summed E-state index contributed by atoms with van der Waals surface area (Å²) in [4.78, 5) is 26.0. The van der Waals surface area contributed by atoms with E-state index in [-0.39, 0.29) is 12.3 Å². The van der Waals surface area contributed by atoms with Crippen molar-refractivity contribution in [2.75, 3.05) is 12.0 Å². The van der Waals surface area contributed by atoms with Gasteiger partial charge in [-0.15, -0.1) is 16.4 Å². The van der Waals surface area contributed by atoms with Gasteiger partial charge in [-0.2, -0.15) is 5.10 Å². The molecule has 7 nitrogen and oxygen atoms in total. The molecule has 26 heavy (non-hydrogen) atoms. The second kappa shape index (κ2) is 8.15. The Morgan fingerprint density at radius 1 is 1.35 bits per heavy atom. The first-order valence-electron chi connectivity index (χ1n) is 7.59. The summed E-state index contributed by atoms with van der Waals surface area (Å²) in [6.45, 7) is 0. The Labute approximate surface area is 158 Å². The van der Waals surface area contributed by atoms with Crippen LogP contribution in [0.15, 0.2) is 52.0 Å². The number of anilines is 1. The molecule has 0 aliphatic carbocycles. The molecule has 2 heterocycles. The first-order chi connectivity index (χ1) is 12.6. The number of rotatable bonds is 6. The molecule has 0 radical (unpaired) electrons. The summed E-state index contributed by atoms with van der Waals surface area (Å²) in [5.74, 6) is -0.703. The first kappa shape index (κ1) is 18.2. The number of carbonyl (C=O) groups is 2. The second-order valence-electron chi connectivity index (χ2n) is 5.22. The number of amides is 1. The van der Waals surface area contributed by atoms with Crippen LogP contribution < -0.4 is 9.64 Å². The summed E-state index contributed by atoms with van der Waals surface area (Å²) in [5.41, 5.74) is 0.585. The van der Waals surface area contributed by atoms with Gasteiger partial charge in [0.1, 0.15) is 11.0 Å².